The van der Waals surface area contributed by atoms with E-state index < -0.39 is 0 Å². The number of rotatable bonds is 3. The second kappa shape index (κ2) is 6.02. The zero-order valence-corrected chi connectivity index (χ0v) is 11.2. The lowest BCUT2D eigenvalue weighted by molar-refractivity contribution is -0.962. The van der Waals surface area contributed by atoms with Crippen molar-refractivity contribution in [2.45, 2.75) is 52.0 Å². The lowest BCUT2D eigenvalue weighted by Gasteiger charge is -2.37. The van der Waals surface area contributed by atoms with Crippen LogP contribution < -0.4 is 9.80 Å². The predicted molar refractivity (Wildman–Crippen MR) is 68.0 cm³/mol. The highest BCUT2D eigenvalue weighted by molar-refractivity contribution is 4.64. The predicted octanol–water partition coefficient (Wildman–Crippen LogP) is -0.241. The molecule has 0 bridgehead atoms. The molecule has 2 nitrogen and oxygen atoms in total. The molecular weight excluding hydrogens is 196 g/mol. The molecule has 0 aromatic rings. The average Bonchev–Trinajstić information content (AvgIpc) is 2.30. The van der Waals surface area contributed by atoms with E-state index in [0.29, 0.717) is 0 Å². The molecule has 0 amide bonds. The van der Waals surface area contributed by atoms with Crippen molar-refractivity contribution < 1.29 is 9.80 Å². The number of hydrogen-bond donors (Lipinski definition) is 2. The largest absolute Gasteiger partial charge is 0.335 e. The Morgan fingerprint density at radius 2 is 1.81 bits per heavy atom. The smallest absolute Gasteiger partial charge is 0.0983 e. The SMILES string of the molecule is CCC[NH+]1CCC([NH+]2CCC[C@@H](C)C2)CC1. The first-order chi connectivity index (χ1) is 7.79. The first-order valence-corrected chi connectivity index (χ1v) is 7.47. The first kappa shape index (κ1) is 12.4. The molecule has 2 heterocycles. The van der Waals surface area contributed by atoms with Crippen molar-refractivity contribution in [1.82, 2.24) is 0 Å². The molecule has 0 saturated carbocycles. The summed E-state index contributed by atoms with van der Waals surface area (Å²) in [6.07, 6.45) is 7.27. The molecule has 2 saturated heterocycles. The van der Waals surface area contributed by atoms with Crippen LogP contribution in [0.1, 0.15) is 46.0 Å². The van der Waals surface area contributed by atoms with Gasteiger partial charge in [-0.05, 0) is 19.3 Å². The molecule has 2 aliphatic rings. The minimum atomic E-state index is 0.977. The van der Waals surface area contributed by atoms with Gasteiger partial charge in [-0.1, -0.05) is 13.8 Å². The van der Waals surface area contributed by atoms with Gasteiger partial charge in [-0.15, -0.1) is 0 Å². The summed E-state index contributed by atoms with van der Waals surface area (Å²) in [4.78, 5) is 3.80. The standard InChI is InChI=1S/C14H28N2/c1-3-8-15-10-6-14(7-11-15)16-9-4-5-13(2)12-16/h13-14H,3-12H2,1-2H3/p+2/t13-/m1/s1. The third kappa shape index (κ3) is 3.21. The number of nitrogens with one attached hydrogen (secondary N) is 2. The van der Waals surface area contributed by atoms with Gasteiger partial charge in [0.05, 0.1) is 38.8 Å². The molecular formula is C14H30N2+2. The molecule has 0 spiro atoms. The van der Waals surface area contributed by atoms with Crippen molar-refractivity contribution >= 4 is 0 Å². The van der Waals surface area contributed by atoms with Crippen molar-refractivity contribution in [1.29, 1.82) is 0 Å². The zero-order chi connectivity index (χ0) is 11.4. The van der Waals surface area contributed by atoms with Gasteiger partial charge in [0.1, 0.15) is 0 Å². The number of hydrogen-bond acceptors (Lipinski definition) is 0. The fraction of sp³-hybridized carbons (Fsp3) is 1.00. The molecule has 2 fully saturated rings. The molecule has 0 aliphatic carbocycles. The van der Waals surface area contributed by atoms with Crippen LogP contribution in [0.15, 0.2) is 0 Å². The lowest BCUT2D eigenvalue weighted by Crippen LogP contribution is -3.21. The van der Waals surface area contributed by atoms with Crippen molar-refractivity contribution in [2.24, 2.45) is 5.92 Å². The van der Waals surface area contributed by atoms with E-state index in [-0.39, 0.29) is 0 Å². The maximum atomic E-state index is 2.44. The van der Waals surface area contributed by atoms with E-state index >= 15 is 0 Å². The van der Waals surface area contributed by atoms with Crippen LogP contribution in [-0.2, 0) is 0 Å². The highest BCUT2D eigenvalue weighted by Gasteiger charge is 2.31. The third-order valence-corrected chi connectivity index (χ3v) is 4.68. The molecule has 2 atom stereocenters. The van der Waals surface area contributed by atoms with Gasteiger partial charge < -0.3 is 9.80 Å². The number of quaternary nitrogens is 2. The lowest BCUT2D eigenvalue weighted by atomic mass is 9.95. The van der Waals surface area contributed by atoms with Gasteiger partial charge in [0.25, 0.3) is 0 Å². The summed E-state index contributed by atoms with van der Waals surface area (Å²) in [5.74, 6) is 0.977. The van der Waals surface area contributed by atoms with E-state index in [0.717, 1.165) is 12.0 Å². The van der Waals surface area contributed by atoms with Crippen LogP contribution >= 0.6 is 0 Å². The second-order valence-corrected chi connectivity index (χ2v) is 6.13. The fourth-order valence-corrected chi connectivity index (χ4v) is 3.74. The Bertz CT molecular complexity index is 197. The zero-order valence-electron chi connectivity index (χ0n) is 11.2. The Labute approximate surface area is 101 Å². The molecule has 1 unspecified atom stereocenters. The van der Waals surface area contributed by atoms with Gasteiger partial charge in [-0.2, -0.15) is 0 Å². The van der Waals surface area contributed by atoms with Gasteiger partial charge >= 0.3 is 0 Å². The van der Waals surface area contributed by atoms with Crippen LogP contribution in [0.3, 0.4) is 0 Å². The molecule has 0 aromatic carbocycles. The summed E-state index contributed by atoms with van der Waals surface area (Å²) in [7, 11) is 0. The molecule has 2 rings (SSSR count). The van der Waals surface area contributed by atoms with Crippen molar-refractivity contribution in [3.8, 4) is 0 Å². The first-order valence-electron chi connectivity index (χ1n) is 7.47. The Morgan fingerprint density at radius 1 is 1.06 bits per heavy atom. The van der Waals surface area contributed by atoms with Crippen molar-refractivity contribution in [2.75, 3.05) is 32.7 Å². The van der Waals surface area contributed by atoms with E-state index in [4.69, 9.17) is 0 Å². The van der Waals surface area contributed by atoms with Crippen LogP contribution in [0.5, 0.6) is 0 Å². The molecule has 0 aromatic heterocycles. The van der Waals surface area contributed by atoms with E-state index in [1.807, 2.05) is 9.80 Å². The van der Waals surface area contributed by atoms with Gasteiger partial charge in [0.2, 0.25) is 0 Å². The summed E-state index contributed by atoms with van der Waals surface area (Å²) >= 11 is 0. The summed E-state index contributed by atoms with van der Waals surface area (Å²) in [5, 5.41) is 0. The maximum absolute atomic E-state index is 2.44. The topological polar surface area (TPSA) is 8.88 Å². The Balaban J connectivity index is 1.75. The van der Waals surface area contributed by atoms with E-state index in [1.165, 1.54) is 64.8 Å². The number of likely N-dealkylation sites (tertiary alicyclic amines) is 2. The van der Waals surface area contributed by atoms with Gasteiger partial charge in [-0.25, -0.2) is 0 Å². The molecule has 2 aliphatic heterocycles. The minimum Gasteiger partial charge on any atom is -0.335 e. The normalized spacial score (nSPS) is 40.9. The average molecular weight is 226 g/mol. The van der Waals surface area contributed by atoms with Crippen molar-refractivity contribution in [3.63, 3.8) is 0 Å². The molecule has 2 N–H and O–H groups in total. The third-order valence-electron chi connectivity index (χ3n) is 4.68. The highest BCUT2D eigenvalue weighted by Crippen LogP contribution is 2.07. The monoisotopic (exact) mass is 226 g/mol. The Kier molecular flexibility index (Phi) is 4.66. The second-order valence-electron chi connectivity index (χ2n) is 6.13. The van der Waals surface area contributed by atoms with Crippen LogP contribution in [0.2, 0.25) is 0 Å². The van der Waals surface area contributed by atoms with E-state index in [2.05, 4.69) is 13.8 Å². The van der Waals surface area contributed by atoms with E-state index in [9.17, 15) is 0 Å². The van der Waals surface area contributed by atoms with Gasteiger partial charge in [0.15, 0.2) is 0 Å². The van der Waals surface area contributed by atoms with Crippen LogP contribution in [0.4, 0.5) is 0 Å². The highest BCUT2D eigenvalue weighted by atomic mass is 15.2. The molecule has 0 radical (unpaired) electrons. The van der Waals surface area contributed by atoms with Gasteiger partial charge in [0, 0.05) is 18.8 Å². The molecule has 2 heteroatoms. The Hall–Kier alpha value is -0.0800. The van der Waals surface area contributed by atoms with Crippen LogP contribution in [0, 0.1) is 5.92 Å². The van der Waals surface area contributed by atoms with Crippen molar-refractivity contribution in [3.05, 3.63) is 0 Å². The Morgan fingerprint density at radius 3 is 2.44 bits per heavy atom. The van der Waals surface area contributed by atoms with Crippen LogP contribution in [-0.4, -0.2) is 38.8 Å². The summed E-state index contributed by atoms with van der Waals surface area (Å²) in [5.41, 5.74) is 0. The molecule has 94 valence electrons. The van der Waals surface area contributed by atoms with E-state index in [1.54, 1.807) is 0 Å². The van der Waals surface area contributed by atoms with Crippen LogP contribution in [0.25, 0.3) is 0 Å². The molecule has 16 heavy (non-hydrogen) atoms. The maximum Gasteiger partial charge on any atom is 0.0983 e. The number of piperidine rings is 2. The summed E-state index contributed by atoms with van der Waals surface area (Å²) < 4.78 is 0. The fourth-order valence-electron chi connectivity index (χ4n) is 3.74. The quantitative estimate of drug-likeness (QED) is 0.657. The summed E-state index contributed by atoms with van der Waals surface area (Å²) in [6.45, 7) is 11.9. The minimum absolute atomic E-state index is 0.977. The van der Waals surface area contributed by atoms with Gasteiger partial charge in [-0.3, -0.25) is 0 Å². The summed E-state index contributed by atoms with van der Waals surface area (Å²) in [6, 6.07) is 1.00.